The predicted octanol–water partition coefficient (Wildman–Crippen LogP) is 15.3. The maximum absolute atomic E-state index is 7.28. The maximum Gasteiger partial charge on any atom is 0.333 e. The standard InChI is InChI=1S/C60H54BN3O/c1-58(2,3)37-24-28-42(29-25-37)64-50-36-43(62(40-18-12-10-13-19-40)41-20-14-11-15-21-41)30-31-44(50)54-55-56-52(53-45-22-16-17-23-51(45)65-57(53)54)46-34-38(59(4,5)6)26-32-48(46)63(56)49-33-27-39(60(7,8)9)35-47(49)61(55)64/h10-36H,1-9H3. The van der Waals surface area contributed by atoms with E-state index in [0.717, 1.165) is 50.6 Å². The second-order valence-electron chi connectivity index (χ2n) is 21.4. The third kappa shape index (κ3) is 5.90. The molecule has 0 aliphatic carbocycles. The number of rotatable bonds is 4. The molecule has 4 nitrogen and oxygen atoms in total. The lowest BCUT2D eigenvalue weighted by molar-refractivity contribution is 0.590. The molecule has 0 radical (unpaired) electrons. The first-order chi connectivity index (χ1) is 31.2. The van der Waals surface area contributed by atoms with Crippen LogP contribution in [0.3, 0.4) is 0 Å². The van der Waals surface area contributed by atoms with Crippen molar-refractivity contribution in [2.45, 2.75) is 78.6 Å². The molecule has 0 N–H and O–H groups in total. The van der Waals surface area contributed by atoms with E-state index < -0.39 is 0 Å². The molecule has 8 aromatic carbocycles. The van der Waals surface area contributed by atoms with Crippen molar-refractivity contribution < 1.29 is 4.42 Å². The minimum absolute atomic E-state index is 0.00886. The number of para-hydroxylation sites is 3. The Morgan fingerprint density at radius 2 is 1.09 bits per heavy atom. The highest BCUT2D eigenvalue weighted by molar-refractivity contribution is 6.94. The zero-order valence-electron chi connectivity index (χ0n) is 38.9. The van der Waals surface area contributed by atoms with Gasteiger partial charge in [-0.25, -0.2) is 0 Å². The molecule has 2 aliphatic rings. The molecule has 2 aliphatic heterocycles. The lowest BCUT2D eigenvalue weighted by Gasteiger charge is -2.43. The van der Waals surface area contributed by atoms with Gasteiger partial charge in [-0.05, 0) is 117 Å². The summed E-state index contributed by atoms with van der Waals surface area (Å²) in [6.45, 7) is 20.7. The highest BCUT2D eigenvalue weighted by atomic mass is 16.3. The van der Waals surface area contributed by atoms with Gasteiger partial charge < -0.3 is 18.7 Å². The van der Waals surface area contributed by atoms with Crippen molar-refractivity contribution in [2.75, 3.05) is 9.71 Å². The van der Waals surface area contributed by atoms with E-state index >= 15 is 0 Å². The van der Waals surface area contributed by atoms with E-state index in [9.17, 15) is 0 Å². The number of nitrogens with zero attached hydrogens (tertiary/aromatic N) is 3. The fraction of sp³-hybridized carbons (Fsp3) is 0.200. The van der Waals surface area contributed by atoms with Crippen LogP contribution in [0.5, 0.6) is 0 Å². The normalized spacial score (nSPS) is 13.6. The third-order valence-corrected chi connectivity index (χ3v) is 14.2. The summed E-state index contributed by atoms with van der Waals surface area (Å²) in [6, 6.07) is 61.2. The Balaban J connectivity index is 1.28. The van der Waals surface area contributed by atoms with Gasteiger partial charge in [0.1, 0.15) is 11.2 Å². The molecule has 0 unspecified atom stereocenters. The SMILES string of the molecule is CC(C)(C)c1ccc(N2B3c4cc(C(C)(C)C)ccc4-n4c5ccc(C(C)(C)C)cc5c5c6c(oc7ccccc76)c(c3c54)-c3ccc(N(c4ccccc4)c4ccccc4)cc32)cc1. The molecule has 65 heavy (non-hydrogen) atoms. The number of anilines is 5. The number of furan rings is 1. The Bertz CT molecular complexity index is 3500. The number of fused-ring (bicyclic) bond motifs is 13. The Hall–Kier alpha value is -6.98. The lowest BCUT2D eigenvalue weighted by atomic mass is 9.43. The lowest BCUT2D eigenvalue weighted by Crippen LogP contribution is -2.60. The molecule has 0 fully saturated rings. The molecule has 0 atom stereocenters. The van der Waals surface area contributed by atoms with Gasteiger partial charge >= 0.3 is 6.85 Å². The smallest absolute Gasteiger partial charge is 0.333 e. The van der Waals surface area contributed by atoms with Gasteiger partial charge in [0, 0.05) is 66.8 Å². The average Bonchev–Trinajstić information content (AvgIpc) is 3.84. The summed E-state index contributed by atoms with van der Waals surface area (Å²) < 4.78 is 9.88. The van der Waals surface area contributed by atoms with Crippen LogP contribution in [-0.4, -0.2) is 11.4 Å². The first kappa shape index (κ1) is 39.6. The Morgan fingerprint density at radius 3 is 1.75 bits per heavy atom. The molecule has 5 heteroatoms. The van der Waals surface area contributed by atoms with Crippen molar-refractivity contribution in [1.29, 1.82) is 0 Å². The van der Waals surface area contributed by atoms with Crippen LogP contribution < -0.4 is 20.6 Å². The summed E-state index contributed by atoms with van der Waals surface area (Å²) >= 11 is 0. The molecule has 2 aromatic heterocycles. The number of aromatic nitrogens is 1. The Labute approximate surface area is 382 Å². The van der Waals surface area contributed by atoms with Crippen LogP contribution in [0.15, 0.2) is 168 Å². The Morgan fingerprint density at radius 1 is 0.492 bits per heavy atom. The fourth-order valence-corrected chi connectivity index (χ4v) is 10.8. The van der Waals surface area contributed by atoms with Crippen molar-refractivity contribution in [2.24, 2.45) is 0 Å². The van der Waals surface area contributed by atoms with Crippen molar-refractivity contribution in [1.82, 2.24) is 4.57 Å². The number of hydrogen-bond donors (Lipinski definition) is 0. The summed E-state index contributed by atoms with van der Waals surface area (Å²) in [5.41, 5.74) is 20.0. The quantitative estimate of drug-likeness (QED) is 0.165. The molecule has 0 amide bonds. The molecule has 0 spiro atoms. The molecular weight excluding hydrogens is 789 g/mol. The second kappa shape index (κ2) is 13.8. The van der Waals surface area contributed by atoms with Gasteiger partial charge in [-0.2, -0.15) is 0 Å². The van der Waals surface area contributed by atoms with Crippen molar-refractivity contribution in [3.63, 3.8) is 0 Å². The molecule has 318 valence electrons. The second-order valence-corrected chi connectivity index (χ2v) is 21.4. The molecule has 4 heterocycles. The van der Waals surface area contributed by atoms with Gasteiger partial charge in [-0.15, -0.1) is 0 Å². The van der Waals surface area contributed by atoms with E-state index in [2.05, 4.69) is 240 Å². The van der Waals surface area contributed by atoms with E-state index in [-0.39, 0.29) is 23.1 Å². The highest BCUT2D eigenvalue weighted by Crippen LogP contribution is 2.53. The van der Waals surface area contributed by atoms with Gasteiger partial charge in [-0.3, -0.25) is 0 Å². The van der Waals surface area contributed by atoms with E-state index in [1.165, 1.54) is 66.1 Å². The predicted molar refractivity (Wildman–Crippen MR) is 278 cm³/mol. The first-order valence-corrected chi connectivity index (χ1v) is 23.2. The van der Waals surface area contributed by atoms with E-state index in [1.807, 2.05) is 0 Å². The molecule has 0 saturated carbocycles. The maximum atomic E-state index is 7.28. The van der Waals surface area contributed by atoms with Crippen LogP contribution in [0, 0.1) is 0 Å². The van der Waals surface area contributed by atoms with Crippen LogP contribution in [0.1, 0.15) is 79.0 Å². The summed E-state index contributed by atoms with van der Waals surface area (Å²) in [5, 5.41) is 4.86. The average molecular weight is 844 g/mol. The van der Waals surface area contributed by atoms with Crippen LogP contribution in [0.4, 0.5) is 28.4 Å². The van der Waals surface area contributed by atoms with Crippen molar-refractivity contribution in [3.05, 3.63) is 180 Å². The fourth-order valence-electron chi connectivity index (χ4n) is 10.8. The highest BCUT2D eigenvalue weighted by Gasteiger charge is 2.46. The Kier molecular flexibility index (Phi) is 8.39. The van der Waals surface area contributed by atoms with Gasteiger partial charge in [0.25, 0.3) is 0 Å². The third-order valence-electron chi connectivity index (χ3n) is 14.2. The van der Waals surface area contributed by atoms with E-state index in [1.54, 1.807) is 0 Å². The topological polar surface area (TPSA) is 24.6 Å². The zero-order chi connectivity index (χ0) is 44.7. The van der Waals surface area contributed by atoms with Crippen LogP contribution in [0.2, 0.25) is 0 Å². The minimum atomic E-state index is -0.175. The minimum Gasteiger partial charge on any atom is -0.455 e. The molecule has 12 rings (SSSR count). The van der Waals surface area contributed by atoms with Crippen molar-refractivity contribution in [3.8, 4) is 16.8 Å². The number of benzene rings is 8. The van der Waals surface area contributed by atoms with Crippen LogP contribution in [-0.2, 0) is 16.2 Å². The number of hydrogen-bond acceptors (Lipinski definition) is 3. The van der Waals surface area contributed by atoms with Gasteiger partial charge in [-0.1, -0.05) is 153 Å². The molecule has 10 aromatic rings. The summed E-state index contributed by atoms with van der Waals surface area (Å²) in [5.74, 6) is 0. The zero-order valence-corrected chi connectivity index (χ0v) is 38.9. The van der Waals surface area contributed by atoms with E-state index in [0.29, 0.717) is 0 Å². The van der Waals surface area contributed by atoms with Gasteiger partial charge in [0.05, 0.1) is 11.0 Å². The van der Waals surface area contributed by atoms with E-state index in [4.69, 9.17) is 4.42 Å². The monoisotopic (exact) mass is 843 g/mol. The summed E-state index contributed by atoms with van der Waals surface area (Å²) in [7, 11) is 0. The molecular formula is C60H54BN3O. The van der Waals surface area contributed by atoms with Gasteiger partial charge in [0.2, 0.25) is 0 Å². The van der Waals surface area contributed by atoms with Crippen molar-refractivity contribution >= 4 is 90.0 Å². The first-order valence-electron chi connectivity index (χ1n) is 23.2. The summed E-state index contributed by atoms with van der Waals surface area (Å²) in [6.07, 6.45) is 0. The molecule has 0 saturated heterocycles. The largest absolute Gasteiger partial charge is 0.455 e. The summed E-state index contributed by atoms with van der Waals surface area (Å²) in [4.78, 5) is 5.04. The van der Waals surface area contributed by atoms with Crippen LogP contribution in [0.25, 0.3) is 60.6 Å². The van der Waals surface area contributed by atoms with Gasteiger partial charge in [0.15, 0.2) is 0 Å². The van der Waals surface area contributed by atoms with Crippen LogP contribution >= 0.6 is 0 Å². The molecule has 0 bridgehead atoms.